The summed E-state index contributed by atoms with van der Waals surface area (Å²) >= 11 is 0. The minimum atomic E-state index is 0.805. The molecule has 0 radical (unpaired) electrons. The molecule has 4 nitrogen and oxygen atoms in total. The van der Waals surface area contributed by atoms with Crippen molar-refractivity contribution in [2.24, 2.45) is 0 Å². The van der Waals surface area contributed by atoms with Gasteiger partial charge in [0.2, 0.25) is 0 Å². The van der Waals surface area contributed by atoms with E-state index < -0.39 is 0 Å². The molecule has 1 fully saturated rings. The Morgan fingerprint density at radius 2 is 1.87 bits per heavy atom. The van der Waals surface area contributed by atoms with Crippen molar-refractivity contribution in [1.82, 2.24) is 20.1 Å². The molecule has 4 heteroatoms. The summed E-state index contributed by atoms with van der Waals surface area (Å²) in [7, 11) is 0. The van der Waals surface area contributed by atoms with Crippen LogP contribution in [0.2, 0.25) is 0 Å². The van der Waals surface area contributed by atoms with Crippen LogP contribution in [0.1, 0.15) is 38.5 Å². The standard InChI is InChI=1S/C11H20N4/c1-2-6-11(5-1)12-7-3-4-8-15-9-13-14-10-15/h9-12H,1-8H2. The van der Waals surface area contributed by atoms with Crippen molar-refractivity contribution in [1.29, 1.82) is 0 Å². The maximum atomic E-state index is 3.78. The van der Waals surface area contributed by atoms with E-state index in [2.05, 4.69) is 15.5 Å². The minimum Gasteiger partial charge on any atom is -0.320 e. The van der Waals surface area contributed by atoms with E-state index in [0.717, 1.165) is 19.1 Å². The number of aromatic nitrogens is 3. The van der Waals surface area contributed by atoms with E-state index in [1.165, 1.54) is 38.5 Å². The lowest BCUT2D eigenvalue weighted by Crippen LogP contribution is -2.26. The fourth-order valence-electron chi connectivity index (χ4n) is 2.19. The second kappa shape index (κ2) is 5.85. The first kappa shape index (κ1) is 10.6. The van der Waals surface area contributed by atoms with E-state index in [1.807, 2.05) is 4.57 Å². The lowest BCUT2D eigenvalue weighted by atomic mass is 10.2. The van der Waals surface area contributed by atoms with Crippen LogP contribution in [-0.2, 0) is 6.54 Å². The molecular formula is C11H20N4. The van der Waals surface area contributed by atoms with Crippen molar-refractivity contribution in [2.45, 2.75) is 51.1 Å². The summed E-state index contributed by atoms with van der Waals surface area (Å²) in [5.74, 6) is 0. The quantitative estimate of drug-likeness (QED) is 0.722. The van der Waals surface area contributed by atoms with E-state index in [9.17, 15) is 0 Å². The summed E-state index contributed by atoms with van der Waals surface area (Å²) in [6.45, 7) is 2.20. The van der Waals surface area contributed by atoms with Crippen LogP contribution in [0.15, 0.2) is 12.7 Å². The van der Waals surface area contributed by atoms with Gasteiger partial charge in [-0.25, -0.2) is 0 Å². The van der Waals surface area contributed by atoms with Gasteiger partial charge in [-0.15, -0.1) is 10.2 Å². The molecule has 1 aromatic rings. The number of hydrogen-bond acceptors (Lipinski definition) is 3. The Labute approximate surface area is 91.1 Å². The summed E-state index contributed by atoms with van der Waals surface area (Å²) < 4.78 is 2.04. The molecule has 1 aliphatic carbocycles. The van der Waals surface area contributed by atoms with E-state index in [0.29, 0.717) is 0 Å². The van der Waals surface area contributed by atoms with Gasteiger partial charge in [-0.2, -0.15) is 0 Å². The molecular weight excluding hydrogens is 188 g/mol. The Kier molecular flexibility index (Phi) is 4.14. The highest BCUT2D eigenvalue weighted by atomic mass is 15.2. The predicted molar refractivity (Wildman–Crippen MR) is 59.5 cm³/mol. The average molecular weight is 208 g/mol. The minimum absolute atomic E-state index is 0.805. The van der Waals surface area contributed by atoms with Crippen LogP contribution in [0.5, 0.6) is 0 Å². The number of nitrogens with one attached hydrogen (secondary N) is 1. The van der Waals surface area contributed by atoms with Gasteiger partial charge in [0.05, 0.1) is 0 Å². The number of hydrogen-bond donors (Lipinski definition) is 1. The van der Waals surface area contributed by atoms with Crippen LogP contribution in [0.25, 0.3) is 0 Å². The second-order valence-corrected chi connectivity index (χ2v) is 4.34. The van der Waals surface area contributed by atoms with Gasteiger partial charge in [0.1, 0.15) is 12.7 Å². The average Bonchev–Trinajstić information content (AvgIpc) is 2.88. The van der Waals surface area contributed by atoms with E-state index in [-0.39, 0.29) is 0 Å². The molecule has 0 atom stereocenters. The molecule has 2 rings (SSSR count). The predicted octanol–water partition coefficient (Wildman–Crippen LogP) is 1.59. The van der Waals surface area contributed by atoms with Gasteiger partial charge in [-0.05, 0) is 32.2 Å². The number of unbranched alkanes of at least 4 members (excludes halogenated alkanes) is 1. The third-order valence-electron chi connectivity index (χ3n) is 3.10. The Morgan fingerprint density at radius 3 is 2.60 bits per heavy atom. The third kappa shape index (κ3) is 3.63. The van der Waals surface area contributed by atoms with Gasteiger partial charge in [0.25, 0.3) is 0 Å². The Hall–Kier alpha value is -0.900. The molecule has 84 valence electrons. The molecule has 0 amide bonds. The fourth-order valence-corrected chi connectivity index (χ4v) is 2.19. The number of aryl methyl sites for hydroxylation is 1. The van der Waals surface area contributed by atoms with Gasteiger partial charge >= 0.3 is 0 Å². The maximum Gasteiger partial charge on any atom is 0.119 e. The molecule has 1 saturated carbocycles. The summed E-state index contributed by atoms with van der Waals surface area (Å²) in [6.07, 6.45) is 11.6. The van der Waals surface area contributed by atoms with Crippen molar-refractivity contribution < 1.29 is 0 Å². The topological polar surface area (TPSA) is 42.7 Å². The normalized spacial score (nSPS) is 17.3. The molecule has 0 saturated heterocycles. The van der Waals surface area contributed by atoms with Crippen LogP contribution in [-0.4, -0.2) is 27.4 Å². The molecule has 1 heterocycles. The van der Waals surface area contributed by atoms with Gasteiger partial charge in [0.15, 0.2) is 0 Å². The summed E-state index contributed by atoms with van der Waals surface area (Å²) in [5.41, 5.74) is 0. The van der Waals surface area contributed by atoms with Crippen molar-refractivity contribution >= 4 is 0 Å². The molecule has 1 aromatic heterocycles. The van der Waals surface area contributed by atoms with Crippen molar-refractivity contribution in [3.8, 4) is 0 Å². The highest BCUT2D eigenvalue weighted by Crippen LogP contribution is 2.17. The maximum absolute atomic E-state index is 3.78. The van der Waals surface area contributed by atoms with Gasteiger partial charge in [-0.3, -0.25) is 0 Å². The van der Waals surface area contributed by atoms with Crippen LogP contribution >= 0.6 is 0 Å². The number of rotatable bonds is 6. The lowest BCUT2D eigenvalue weighted by Gasteiger charge is -2.11. The van der Waals surface area contributed by atoms with Gasteiger partial charge in [0, 0.05) is 12.6 Å². The Balaban J connectivity index is 1.48. The largest absolute Gasteiger partial charge is 0.320 e. The third-order valence-corrected chi connectivity index (χ3v) is 3.10. The van der Waals surface area contributed by atoms with Crippen molar-refractivity contribution in [3.05, 3.63) is 12.7 Å². The lowest BCUT2D eigenvalue weighted by molar-refractivity contribution is 0.494. The van der Waals surface area contributed by atoms with Crippen molar-refractivity contribution in [3.63, 3.8) is 0 Å². The van der Waals surface area contributed by atoms with Crippen LogP contribution < -0.4 is 5.32 Å². The zero-order valence-corrected chi connectivity index (χ0v) is 9.23. The SMILES string of the molecule is c1nncn1CCCCNC1CCCC1. The summed E-state index contributed by atoms with van der Waals surface area (Å²) in [5, 5.41) is 11.2. The molecule has 0 unspecified atom stereocenters. The first-order valence-corrected chi connectivity index (χ1v) is 6.01. The zero-order valence-electron chi connectivity index (χ0n) is 9.23. The van der Waals surface area contributed by atoms with E-state index in [1.54, 1.807) is 12.7 Å². The van der Waals surface area contributed by atoms with Crippen LogP contribution in [0.4, 0.5) is 0 Å². The summed E-state index contributed by atoms with van der Waals surface area (Å²) in [4.78, 5) is 0. The van der Waals surface area contributed by atoms with Crippen LogP contribution in [0, 0.1) is 0 Å². The monoisotopic (exact) mass is 208 g/mol. The smallest absolute Gasteiger partial charge is 0.119 e. The molecule has 1 aliphatic rings. The molecule has 0 spiro atoms. The molecule has 15 heavy (non-hydrogen) atoms. The summed E-state index contributed by atoms with van der Waals surface area (Å²) in [6, 6.07) is 0.805. The second-order valence-electron chi connectivity index (χ2n) is 4.34. The molecule has 0 aliphatic heterocycles. The highest BCUT2D eigenvalue weighted by molar-refractivity contribution is 4.73. The molecule has 1 N–H and O–H groups in total. The molecule has 0 bridgehead atoms. The van der Waals surface area contributed by atoms with Crippen molar-refractivity contribution in [2.75, 3.05) is 6.54 Å². The first-order valence-electron chi connectivity index (χ1n) is 6.01. The number of nitrogens with zero attached hydrogens (tertiary/aromatic N) is 3. The van der Waals surface area contributed by atoms with Gasteiger partial charge < -0.3 is 9.88 Å². The first-order chi connectivity index (χ1) is 7.45. The fraction of sp³-hybridized carbons (Fsp3) is 0.818. The van der Waals surface area contributed by atoms with Gasteiger partial charge in [-0.1, -0.05) is 12.8 Å². The van der Waals surface area contributed by atoms with E-state index in [4.69, 9.17) is 0 Å². The van der Waals surface area contributed by atoms with Crippen LogP contribution in [0.3, 0.4) is 0 Å². The Morgan fingerprint density at radius 1 is 1.13 bits per heavy atom. The Bertz CT molecular complexity index is 252. The molecule has 0 aromatic carbocycles. The zero-order chi connectivity index (χ0) is 10.3. The van der Waals surface area contributed by atoms with E-state index >= 15 is 0 Å². The highest BCUT2D eigenvalue weighted by Gasteiger charge is 2.12.